The summed E-state index contributed by atoms with van der Waals surface area (Å²) in [6.45, 7) is 4.28. The summed E-state index contributed by atoms with van der Waals surface area (Å²) in [5.74, 6) is 1.57. The maximum Gasteiger partial charge on any atom is 0.234 e. The quantitative estimate of drug-likeness (QED) is 0.585. The summed E-state index contributed by atoms with van der Waals surface area (Å²) in [7, 11) is 1.64. The van der Waals surface area contributed by atoms with Gasteiger partial charge in [-0.05, 0) is 37.1 Å². The zero-order chi connectivity index (χ0) is 20.2. The van der Waals surface area contributed by atoms with Crippen molar-refractivity contribution in [2.75, 3.05) is 40.0 Å². The van der Waals surface area contributed by atoms with Crippen molar-refractivity contribution >= 4 is 5.91 Å². The van der Waals surface area contributed by atoms with Crippen LogP contribution >= 0.6 is 0 Å². The highest BCUT2D eigenvalue weighted by molar-refractivity contribution is 5.78. The Balaban J connectivity index is 1.84. The Labute approximate surface area is 167 Å². The van der Waals surface area contributed by atoms with E-state index in [0.717, 1.165) is 29.0 Å². The summed E-state index contributed by atoms with van der Waals surface area (Å²) < 4.78 is 10.8. The second kappa shape index (κ2) is 12.0. The Morgan fingerprint density at radius 2 is 1.89 bits per heavy atom. The standard InChI is InChI=1S/C22H30N2O4/c1-3-28-21-7-5-4-6-19(21)16-24(14-15-25)17-22(26)23-13-12-18-8-10-20(27-2)11-9-18/h4-11,25H,3,12-17H2,1-2H3,(H,23,26). The predicted molar refractivity (Wildman–Crippen MR) is 110 cm³/mol. The smallest absolute Gasteiger partial charge is 0.234 e. The molecule has 0 aliphatic carbocycles. The van der Waals surface area contributed by atoms with Gasteiger partial charge in [0.15, 0.2) is 0 Å². The Morgan fingerprint density at radius 1 is 1.14 bits per heavy atom. The monoisotopic (exact) mass is 386 g/mol. The molecule has 6 nitrogen and oxygen atoms in total. The van der Waals surface area contributed by atoms with Crippen LogP contribution in [0, 0.1) is 0 Å². The first kappa shape index (κ1) is 21.7. The topological polar surface area (TPSA) is 71.0 Å². The summed E-state index contributed by atoms with van der Waals surface area (Å²) in [6, 6.07) is 15.6. The van der Waals surface area contributed by atoms with E-state index in [-0.39, 0.29) is 19.1 Å². The van der Waals surface area contributed by atoms with Crippen LogP contribution in [-0.2, 0) is 17.8 Å². The van der Waals surface area contributed by atoms with Gasteiger partial charge in [-0.25, -0.2) is 0 Å². The minimum atomic E-state index is -0.0594. The Morgan fingerprint density at radius 3 is 2.57 bits per heavy atom. The average molecular weight is 386 g/mol. The van der Waals surface area contributed by atoms with Gasteiger partial charge in [0.25, 0.3) is 0 Å². The third-order valence-corrected chi connectivity index (χ3v) is 4.34. The lowest BCUT2D eigenvalue weighted by Gasteiger charge is -2.22. The lowest BCUT2D eigenvalue weighted by Crippen LogP contribution is -2.39. The third-order valence-electron chi connectivity index (χ3n) is 4.34. The summed E-state index contributed by atoms with van der Waals surface area (Å²) in [5, 5.41) is 12.3. The van der Waals surface area contributed by atoms with Gasteiger partial charge in [-0.1, -0.05) is 30.3 Å². The zero-order valence-corrected chi connectivity index (χ0v) is 16.7. The molecule has 6 heteroatoms. The van der Waals surface area contributed by atoms with Gasteiger partial charge in [0.05, 0.1) is 26.9 Å². The van der Waals surface area contributed by atoms with Crippen LogP contribution in [0.3, 0.4) is 0 Å². The third kappa shape index (κ3) is 7.21. The van der Waals surface area contributed by atoms with Crippen molar-refractivity contribution in [1.29, 1.82) is 0 Å². The van der Waals surface area contributed by atoms with Crippen LogP contribution in [0.5, 0.6) is 11.5 Å². The minimum Gasteiger partial charge on any atom is -0.497 e. The van der Waals surface area contributed by atoms with Crippen molar-refractivity contribution in [3.8, 4) is 11.5 Å². The number of aliphatic hydroxyl groups excluding tert-OH is 1. The largest absolute Gasteiger partial charge is 0.497 e. The number of methoxy groups -OCH3 is 1. The molecular formula is C22H30N2O4. The maximum absolute atomic E-state index is 12.3. The molecule has 0 spiro atoms. The molecule has 2 aromatic rings. The van der Waals surface area contributed by atoms with Crippen LogP contribution in [0.1, 0.15) is 18.1 Å². The normalized spacial score (nSPS) is 10.7. The van der Waals surface area contributed by atoms with Crippen LogP contribution in [0.15, 0.2) is 48.5 Å². The van der Waals surface area contributed by atoms with E-state index >= 15 is 0 Å². The van der Waals surface area contributed by atoms with Crippen LogP contribution in [0.25, 0.3) is 0 Å². The van der Waals surface area contributed by atoms with Crippen LogP contribution in [0.2, 0.25) is 0 Å². The highest BCUT2D eigenvalue weighted by Gasteiger charge is 2.13. The lowest BCUT2D eigenvalue weighted by atomic mass is 10.1. The molecule has 0 saturated heterocycles. The fraction of sp³-hybridized carbons (Fsp3) is 0.409. The van der Waals surface area contributed by atoms with Crippen molar-refractivity contribution < 1.29 is 19.4 Å². The fourth-order valence-corrected chi connectivity index (χ4v) is 2.92. The number of nitrogens with one attached hydrogen (secondary N) is 1. The SMILES string of the molecule is CCOc1ccccc1CN(CCO)CC(=O)NCCc1ccc(OC)cc1. The fourth-order valence-electron chi connectivity index (χ4n) is 2.92. The average Bonchev–Trinajstić information content (AvgIpc) is 2.70. The van der Waals surface area contributed by atoms with Crippen LogP contribution < -0.4 is 14.8 Å². The van der Waals surface area contributed by atoms with Gasteiger partial charge in [0, 0.05) is 25.2 Å². The molecule has 0 aromatic heterocycles. The molecule has 2 aromatic carbocycles. The van der Waals surface area contributed by atoms with E-state index in [9.17, 15) is 9.90 Å². The number of ether oxygens (including phenoxy) is 2. The second-order valence-electron chi connectivity index (χ2n) is 6.42. The number of benzene rings is 2. The highest BCUT2D eigenvalue weighted by Crippen LogP contribution is 2.19. The molecule has 0 aliphatic rings. The molecule has 0 saturated carbocycles. The Kier molecular flexibility index (Phi) is 9.31. The highest BCUT2D eigenvalue weighted by atomic mass is 16.5. The van der Waals surface area contributed by atoms with Gasteiger partial charge in [-0.2, -0.15) is 0 Å². The van der Waals surface area contributed by atoms with Crippen molar-refractivity contribution in [2.24, 2.45) is 0 Å². The molecule has 0 heterocycles. The minimum absolute atomic E-state index is 0.00404. The molecule has 0 fully saturated rings. The van der Waals surface area contributed by atoms with E-state index in [1.54, 1.807) is 7.11 Å². The number of carbonyl (C=O) groups excluding carboxylic acids is 1. The molecule has 152 valence electrons. The first-order valence-corrected chi connectivity index (χ1v) is 9.59. The van der Waals surface area contributed by atoms with E-state index in [1.807, 2.05) is 60.4 Å². The summed E-state index contributed by atoms with van der Waals surface area (Å²) in [6.07, 6.45) is 0.753. The second-order valence-corrected chi connectivity index (χ2v) is 6.42. The number of rotatable bonds is 12. The molecule has 0 atom stereocenters. The molecule has 0 radical (unpaired) electrons. The van der Waals surface area contributed by atoms with Crippen molar-refractivity contribution in [3.05, 3.63) is 59.7 Å². The molecule has 0 bridgehead atoms. The van der Waals surface area contributed by atoms with E-state index in [2.05, 4.69) is 5.32 Å². The molecule has 0 aliphatic heterocycles. The number of nitrogens with zero attached hydrogens (tertiary/aromatic N) is 1. The molecular weight excluding hydrogens is 356 g/mol. The number of para-hydroxylation sites is 1. The zero-order valence-electron chi connectivity index (χ0n) is 16.7. The summed E-state index contributed by atoms with van der Waals surface area (Å²) in [5.41, 5.74) is 2.14. The molecule has 1 amide bonds. The van der Waals surface area contributed by atoms with E-state index < -0.39 is 0 Å². The molecule has 2 rings (SSSR count). The van der Waals surface area contributed by atoms with Crippen LogP contribution in [0.4, 0.5) is 0 Å². The summed E-state index contributed by atoms with van der Waals surface area (Å²) in [4.78, 5) is 14.3. The van der Waals surface area contributed by atoms with E-state index in [4.69, 9.17) is 9.47 Å². The van der Waals surface area contributed by atoms with Crippen LogP contribution in [-0.4, -0.2) is 55.9 Å². The van der Waals surface area contributed by atoms with Gasteiger partial charge in [0.2, 0.25) is 5.91 Å². The van der Waals surface area contributed by atoms with Gasteiger partial charge in [-0.15, -0.1) is 0 Å². The first-order chi connectivity index (χ1) is 13.7. The van der Waals surface area contributed by atoms with Crippen molar-refractivity contribution in [3.63, 3.8) is 0 Å². The maximum atomic E-state index is 12.3. The van der Waals surface area contributed by atoms with E-state index in [0.29, 0.717) is 26.2 Å². The van der Waals surface area contributed by atoms with Gasteiger partial charge < -0.3 is 19.9 Å². The summed E-state index contributed by atoms with van der Waals surface area (Å²) >= 11 is 0. The molecule has 2 N–H and O–H groups in total. The molecule has 0 unspecified atom stereocenters. The number of amides is 1. The van der Waals surface area contributed by atoms with Crippen molar-refractivity contribution in [2.45, 2.75) is 19.9 Å². The van der Waals surface area contributed by atoms with Gasteiger partial charge in [0.1, 0.15) is 11.5 Å². The van der Waals surface area contributed by atoms with Crippen molar-refractivity contribution in [1.82, 2.24) is 10.2 Å². The number of carbonyl (C=O) groups is 1. The van der Waals surface area contributed by atoms with Gasteiger partial charge >= 0.3 is 0 Å². The number of aliphatic hydroxyl groups is 1. The first-order valence-electron chi connectivity index (χ1n) is 9.59. The molecule has 28 heavy (non-hydrogen) atoms. The Hall–Kier alpha value is -2.57. The number of hydrogen-bond acceptors (Lipinski definition) is 5. The number of hydrogen-bond donors (Lipinski definition) is 2. The lowest BCUT2D eigenvalue weighted by molar-refractivity contribution is -0.122. The van der Waals surface area contributed by atoms with E-state index in [1.165, 1.54) is 0 Å². The predicted octanol–water partition coefficient (Wildman–Crippen LogP) is 2.25. The Bertz CT molecular complexity index is 719. The van der Waals surface area contributed by atoms with Gasteiger partial charge in [-0.3, -0.25) is 9.69 Å².